The summed E-state index contributed by atoms with van der Waals surface area (Å²) in [6.07, 6.45) is 6.08. The molecule has 3 N–H and O–H groups in total. The third kappa shape index (κ3) is 4.74. The average molecular weight is 300 g/mol. The van der Waals surface area contributed by atoms with Gasteiger partial charge in [0, 0.05) is 29.5 Å². The van der Waals surface area contributed by atoms with Gasteiger partial charge in [0.05, 0.1) is 0 Å². The highest BCUT2D eigenvalue weighted by molar-refractivity contribution is 9.10. The van der Waals surface area contributed by atoms with E-state index in [1.54, 1.807) is 6.20 Å². The van der Waals surface area contributed by atoms with Crippen LogP contribution in [0.15, 0.2) is 22.9 Å². The Bertz CT molecular complexity index is 326. The van der Waals surface area contributed by atoms with Crippen LogP contribution in [0.2, 0.25) is 0 Å². The first-order chi connectivity index (χ1) is 8.21. The van der Waals surface area contributed by atoms with E-state index in [4.69, 9.17) is 5.73 Å². The Morgan fingerprint density at radius 2 is 2.06 bits per heavy atom. The fourth-order valence-corrected chi connectivity index (χ4v) is 2.22. The normalized spacial score (nSPS) is 13.0. The van der Waals surface area contributed by atoms with Gasteiger partial charge in [0.25, 0.3) is 0 Å². The highest BCUT2D eigenvalue weighted by atomic mass is 79.9. The predicted molar refractivity (Wildman–Crippen MR) is 75.8 cm³/mol. The Morgan fingerprint density at radius 1 is 1.35 bits per heavy atom. The van der Waals surface area contributed by atoms with E-state index in [2.05, 4.69) is 46.1 Å². The molecule has 0 saturated carbocycles. The van der Waals surface area contributed by atoms with Gasteiger partial charge in [-0.3, -0.25) is 4.98 Å². The molecule has 0 aromatic carbocycles. The van der Waals surface area contributed by atoms with Crippen molar-refractivity contribution in [2.24, 2.45) is 11.7 Å². The number of hydrogen-bond acceptors (Lipinski definition) is 3. The fourth-order valence-electron chi connectivity index (χ4n) is 1.84. The van der Waals surface area contributed by atoms with Gasteiger partial charge in [0.15, 0.2) is 0 Å². The molecule has 0 radical (unpaired) electrons. The minimum Gasteiger partial charge on any atom is -0.329 e. The molecule has 0 aliphatic rings. The molecule has 96 valence electrons. The van der Waals surface area contributed by atoms with Gasteiger partial charge in [-0.1, -0.05) is 26.7 Å². The third-order valence-electron chi connectivity index (χ3n) is 3.17. The molecule has 0 aliphatic heterocycles. The van der Waals surface area contributed by atoms with Crippen molar-refractivity contribution in [1.29, 1.82) is 0 Å². The molecule has 0 aliphatic carbocycles. The molecule has 0 saturated heterocycles. The number of nitrogens with zero attached hydrogens (tertiary/aromatic N) is 1. The van der Waals surface area contributed by atoms with Crippen molar-refractivity contribution < 1.29 is 0 Å². The van der Waals surface area contributed by atoms with Crippen molar-refractivity contribution in [3.05, 3.63) is 28.5 Å². The van der Waals surface area contributed by atoms with Crippen LogP contribution in [-0.2, 0) is 0 Å². The quantitative estimate of drug-likeness (QED) is 0.814. The van der Waals surface area contributed by atoms with Gasteiger partial charge in [-0.2, -0.15) is 0 Å². The molecule has 17 heavy (non-hydrogen) atoms. The number of nitrogens with one attached hydrogen (secondary N) is 1. The van der Waals surface area contributed by atoms with E-state index in [1.165, 1.54) is 12.8 Å². The van der Waals surface area contributed by atoms with Crippen molar-refractivity contribution in [2.75, 3.05) is 13.1 Å². The topological polar surface area (TPSA) is 50.9 Å². The number of aromatic nitrogens is 1. The predicted octanol–water partition coefficient (Wildman–Crippen LogP) is 2.87. The second-order valence-corrected chi connectivity index (χ2v) is 5.23. The lowest BCUT2D eigenvalue weighted by atomic mass is 10.0. The standard InChI is InChI=1S/C13H22BrN3/c1-3-10(4-2)7-17-13(6-15)11-5-12(14)9-16-8-11/h5,8-10,13,17H,3-4,6-7,15H2,1-2H3. The van der Waals surface area contributed by atoms with Crippen LogP contribution in [-0.4, -0.2) is 18.1 Å². The van der Waals surface area contributed by atoms with Gasteiger partial charge in [0.2, 0.25) is 0 Å². The number of pyridine rings is 1. The maximum absolute atomic E-state index is 5.82. The van der Waals surface area contributed by atoms with Crippen LogP contribution in [0, 0.1) is 5.92 Å². The van der Waals surface area contributed by atoms with Crippen LogP contribution in [0.25, 0.3) is 0 Å². The van der Waals surface area contributed by atoms with Crippen molar-refractivity contribution in [1.82, 2.24) is 10.3 Å². The number of halogens is 1. The lowest BCUT2D eigenvalue weighted by Crippen LogP contribution is -2.32. The summed E-state index contributed by atoms with van der Waals surface area (Å²) in [4.78, 5) is 4.18. The summed E-state index contributed by atoms with van der Waals surface area (Å²) >= 11 is 3.44. The Morgan fingerprint density at radius 3 is 2.59 bits per heavy atom. The van der Waals surface area contributed by atoms with Gasteiger partial charge in [-0.15, -0.1) is 0 Å². The molecular weight excluding hydrogens is 278 g/mol. The Balaban J connectivity index is 2.59. The molecule has 0 fully saturated rings. The van der Waals surface area contributed by atoms with Crippen LogP contribution >= 0.6 is 15.9 Å². The fraction of sp³-hybridized carbons (Fsp3) is 0.615. The Kier molecular flexibility index (Phi) is 6.70. The van der Waals surface area contributed by atoms with Gasteiger partial charge < -0.3 is 11.1 Å². The van der Waals surface area contributed by atoms with Crippen molar-refractivity contribution in [3.8, 4) is 0 Å². The van der Waals surface area contributed by atoms with Crippen LogP contribution in [0.3, 0.4) is 0 Å². The maximum atomic E-state index is 5.82. The first-order valence-electron chi connectivity index (χ1n) is 6.25. The molecule has 1 heterocycles. The Hall–Kier alpha value is -0.450. The van der Waals surface area contributed by atoms with Gasteiger partial charge in [-0.05, 0) is 40.0 Å². The van der Waals surface area contributed by atoms with Crippen molar-refractivity contribution >= 4 is 15.9 Å². The minimum atomic E-state index is 0.195. The van der Waals surface area contributed by atoms with Crippen LogP contribution in [0.4, 0.5) is 0 Å². The van der Waals surface area contributed by atoms with E-state index in [-0.39, 0.29) is 6.04 Å². The molecule has 4 heteroatoms. The number of hydrogen-bond donors (Lipinski definition) is 2. The summed E-state index contributed by atoms with van der Waals surface area (Å²) < 4.78 is 0.998. The first kappa shape index (κ1) is 14.6. The van der Waals surface area contributed by atoms with Crippen LogP contribution in [0.1, 0.15) is 38.3 Å². The molecule has 1 aromatic rings. The van der Waals surface area contributed by atoms with Gasteiger partial charge in [-0.25, -0.2) is 0 Å². The highest BCUT2D eigenvalue weighted by Crippen LogP contribution is 2.17. The Labute approximate surface area is 112 Å². The molecule has 1 atom stereocenters. The minimum absolute atomic E-state index is 0.195. The SMILES string of the molecule is CCC(CC)CNC(CN)c1cncc(Br)c1. The van der Waals surface area contributed by atoms with Crippen molar-refractivity contribution in [3.63, 3.8) is 0 Å². The molecular formula is C13H22BrN3. The number of nitrogens with two attached hydrogens (primary N) is 1. The van der Waals surface area contributed by atoms with Gasteiger partial charge >= 0.3 is 0 Å². The van der Waals surface area contributed by atoms with E-state index in [0.29, 0.717) is 6.54 Å². The monoisotopic (exact) mass is 299 g/mol. The largest absolute Gasteiger partial charge is 0.329 e. The second-order valence-electron chi connectivity index (χ2n) is 4.32. The van der Waals surface area contributed by atoms with E-state index in [0.717, 1.165) is 22.5 Å². The first-order valence-corrected chi connectivity index (χ1v) is 7.04. The van der Waals surface area contributed by atoms with E-state index < -0.39 is 0 Å². The second kappa shape index (κ2) is 7.80. The zero-order valence-corrected chi connectivity index (χ0v) is 12.2. The van der Waals surface area contributed by atoms with Gasteiger partial charge in [0.1, 0.15) is 0 Å². The summed E-state index contributed by atoms with van der Waals surface area (Å²) in [7, 11) is 0. The zero-order chi connectivity index (χ0) is 12.7. The molecule has 1 rings (SSSR count). The average Bonchev–Trinajstić information content (AvgIpc) is 2.35. The highest BCUT2D eigenvalue weighted by Gasteiger charge is 2.12. The van der Waals surface area contributed by atoms with Crippen LogP contribution < -0.4 is 11.1 Å². The summed E-state index contributed by atoms with van der Waals surface area (Å²) in [5.74, 6) is 0.726. The zero-order valence-electron chi connectivity index (χ0n) is 10.6. The van der Waals surface area contributed by atoms with E-state index in [1.807, 2.05) is 6.20 Å². The van der Waals surface area contributed by atoms with Crippen molar-refractivity contribution in [2.45, 2.75) is 32.7 Å². The number of rotatable bonds is 7. The molecule has 0 amide bonds. The molecule has 0 spiro atoms. The van der Waals surface area contributed by atoms with E-state index in [9.17, 15) is 0 Å². The lowest BCUT2D eigenvalue weighted by molar-refractivity contribution is 0.413. The molecule has 3 nitrogen and oxygen atoms in total. The molecule has 0 bridgehead atoms. The summed E-state index contributed by atoms with van der Waals surface area (Å²) in [5, 5.41) is 3.53. The molecule has 1 aromatic heterocycles. The maximum Gasteiger partial charge on any atom is 0.0460 e. The summed E-state index contributed by atoms with van der Waals surface area (Å²) in [6.45, 7) is 6.07. The van der Waals surface area contributed by atoms with Crippen LogP contribution in [0.5, 0.6) is 0 Å². The summed E-state index contributed by atoms with van der Waals surface area (Å²) in [5.41, 5.74) is 6.96. The smallest absolute Gasteiger partial charge is 0.0460 e. The summed E-state index contributed by atoms with van der Waals surface area (Å²) in [6, 6.07) is 2.27. The molecule has 1 unspecified atom stereocenters. The lowest BCUT2D eigenvalue weighted by Gasteiger charge is -2.20. The van der Waals surface area contributed by atoms with E-state index >= 15 is 0 Å². The third-order valence-corrected chi connectivity index (χ3v) is 3.61.